The SMILES string of the molecule is CC(C)N(Cc1cccc(Cl)c1)C(=O)[C@@H]1CCC[C@@H]1CN.Cl. The average Bonchev–Trinajstić information content (AvgIpc) is 2.92. The summed E-state index contributed by atoms with van der Waals surface area (Å²) in [6.45, 7) is 5.36. The number of nitrogens with two attached hydrogens (primary N) is 1. The molecule has 0 spiro atoms. The second-order valence-corrected chi connectivity index (χ2v) is 6.66. The van der Waals surface area contributed by atoms with Crippen molar-refractivity contribution in [2.75, 3.05) is 6.54 Å². The number of benzene rings is 1. The predicted molar refractivity (Wildman–Crippen MR) is 94.3 cm³/mol. The Morgan fingerprint density at radius 3 is 2.73 bits per heavy atom. The fourth-order valence-electron chi connectivity index (χ4n) is 3.20. The Labute approximate surface area is 144 Å². The minimum atomic E-state index is 0. The van der Waals surface area contributed by atoms with Crippen LogP contribution in [0.1, 0.15) is 38.7 Å². The summed E-state index contributed by atoms with van der Waals surface area (Å²) in [5, 5.41) is 0.712. The molecule has 1 saturated carbocycles. The first-order valence-corrected chi connectivity index (χ1v) is 8.15. The van der Waals surface area contributed by atoms with E-state index in [-0.39, 0.29) is 30.3 Å². The molecular weight excluding hydrogens is 319 g/mol. The van der Waals surface area contributed by atoms with E-state index in [9.17, 15) is 4.79 Å². The monoisotopic (exact) mass is 344 g/mol. The van der Waals surface area contributed by atoms with Gasteiger partial charge in [-0.2, -0.15) is 0 Å². The van der Waals surface area contributed by atoms with Crippen molar-refractivity contribution in [2.24, 2.45) is 17.6 Å². The maximum atomic E-state index is 12.9. The van der Waals surface area contributed by atoms with Crippen LogP contribution in [-0.2, 0) is 11.3 Å². The molecule has 1 aromatic rings. The lowest BCUT2D eigenvalue weighted by Crippen LogP contribution is -2.42. The summed E-state index contributed by atoms with van der Waals surface area (Å²) in [4.78, 5) is 14.8. The van der Waals surface area contributed by atoms with E-state index in [4.69, 9.17) is 17.3 Å². The van der Waals surface area contributed by atoms with E-state index >= 15 is 0 Å². The summed E-state index contributed by atoms with van der Waals surface area (Å²) in [5.74, 6) is 0.688. The highest BCUT2D eigenvalue weighted by Crippen LogP contribution is 2.33. The standard InChI is InChI=1S/C17H25ClN2O.ClH/c1-12(2)20(11-13-5-3-7-15(18)9-13)17(21)16-8-4-6-14(16)10-19;/h3,5,7,9,12,14,16H,4,6,8,10-11,19H2,1-2H3;1H/t14-,16-;/m1./s1. The Kier molecular flexibility index (Phi) is 7.67. The van der Waals surface area contributed by atoms with Gasteiger partial charge in [0, 0.05) is 23.5 Å². The number of nitrogens with zero attached hydrogens (tertiary/aromatic N) is 1. The zero-order valence-corrected chi connectivity index (χ0v) is 14.9. The second kappa shape index (κ2) is 8.76. The molecule has 1 aliphatic rings. The van der Waals surface area contributed by atoms with Crippen LogP contribution in [-0.4, -0.2) is 23.4 Å². The third-order valence-corrected chi connectivity index (χ3v) is 4.66. The van der Waals surface area contributed by atoms with Gasteiger partial charge < -0.3 is 10.6 Å². The molecule has 0 heterocycles. The number of carbonyl (C=O) groups excluding carboxylic acids is 1. The van der Waals surface area contributed by atoms with Crippen LogP contribution in [0.15, 0.2) is 24.3 Å². The van der Waals surface area contributed by atoms with Crippen molar-refractivity contribution in [3.63, 3.8) is 0 Å². The minimum absolute atomic E-state index is 0. The Bertz CT molecular complexity index is 493. The van der Waals surface area contributed by atoms with Gasteiger partial charge in [0.1, 0.15) is 0 Å². The van der Waals surface area contributed by atoms with E-state index in [1.807, 2.05) is 29.2 Å². The fraction of sp³-hybridized carbons (Fsp3) is 0.588. The van der Waals surface area contributed by atoms with Crippen molar-refractivity contribution >= 4 is 29.9 Å². The third-order valence-electron chi connectivity index (χ3n) is 4.43. The van der Waals surface area contributed by atoms with Crippen molar-refractivity contribution in [2.45, 2.75) is 45.7 Å². The molecule has 2 atom stereocenters. The van der Waals surface area contributed by atoms with Gasteiger partial charge in [-0.1, -0.05) is 30.2 Å². The molecule has 1 amide bonds. The molecule has 0 bridgehead atoms. The number of hydrogen-bond donors (Lipinski definition) is 1. The molecule has 3 nitrogen and oxygen atoms in total. The highest BCUT2D eigenvalue weighted by molar-refractivity contribution is 6.30. The van der Waals surface area contributed by atoms with E-state index < -0.39 is 0 Å². The van der Waals surface area contributed by atoms with Crippen molar-refractivity contribution in [3.8, 4) is 0 Å². The molecule has 2 N–H and O–H groups in total. The fourth-order valence-corrected chi connectivity index (χ4v) is 3.42. The van der Waals surface area contributed by atoms with E-state index in [1.165, 1.54) is 0 Å². The quantitative estimate of drug-likeness (QED) is 0.880. The Balaban J connectivity index is 0.00000242. The number of carbonyl (C=O) groups is 1. The number of hydrogen-bond acceptors (Lipinski definition) is 2. The van der Waals surface area contributed by atoms with Gasteiger partial charge in [0.2, 0.25) is 5.91 Å². The summed E-state index contributed by atoms with van der Waals surface area (Å²) in [7, 11) is 0. The van der Waals surface area contributed by atoms with Crippen LogP contribution >= 0.6 is 24.0 Å². The van der Waals surface area contributed by atoms with E-state index in [0.717, 1.165) is 24.8 Å². The lowest BCUT2D eigenvalue weighted by Gasteiger charge is -2.31. The first kappa shape index (κ1) is 19.3. The van der Waals surface area contributed by atoms with Crippen LogP contribution in [0.3, 0.4) is 0 Å². The molecule has 0 unspecified atom stereocenters. The Morgan fingerprint density at radius 1 is 1.41 bits per heavy atom. The summed E-state index contributed by atoms with van der Waals surface area (Å²) in [5.41, 5.74) is 6.90. The van der Waals surface area contributed by atoms with Crippen molar-refractivity contribution in [1.29, 1.82) is 0 Å². The molecule has 2 rings (SSSR count). The minimum Gasteiger partial charge on any atom is -0.336 e. The topological polar surface area (TPSA) is 46.3 Å². The van der Waals surface area contributed by atoms with Gasteiger partial charge in [-0.15, -0.1) is 12.4 Å². The molecule has 1 aliphatic carbocycles. The van der Waals surface area contributed by atoms with Crippen LogP contribution in [0.4, 0.5) is 0 Å². The van der Waals surface area contributed by atoms with Gasteiger partial charge >= 0.3 is 0 Å². The molecule has 0 aliphatic heterocycles. The highest BCUT2D eigenvalue weighted by Gasteiger charge is 2.35. The molecule has 124 valence electrons. The van der Waals surface area contributed by atoms with Gasteiger partial charge in [-0.25, -0.2) is 0 Å². The van der Waals surface area contributed by atoms with Crippen LogP contribution in [0.25, 0.3) is 0 Å². The van der Waals surface area contributed by atoms with Crippen molar-refractivity contribution < 1.29 is 4.79 Å². The Hall–Kier alpha value is -0.770. The summed E-state index contributed by atoms with van der Waals surface area (Å²) in [6, 6.07) is 7.91. The molecule has 1 fully saturated rings. The van der Waals surface area contributed by atoms with E-state index in [1.54, 1.807) is 0 Å². The van der Waals surface area contributed by atoms with Crippen LogP contribution in [0.2, 0.25) is 5.02 Å². The molecule has 22 heavy (non-hydrogen) atoms. The van der Waals surface area contributed by atoms with Gasteiger partial charge in [-0.3, -0.25) is 4.79 Å². The largest absolute Gasteiger partial charge is 0.336 e. The van der Waals surface area contributed by atoms with Gasteiger partial charge in [0.15, 0.2) is 0 Å². The first-order valence-electron chi connectivity index (χ1n) is 7.78. The zero-order valence-electron chi connectivity index (χ0n) is 13.3. The normalized spacial score (nSPS) is 20.8. The van der Waals surface area contributed by atoms with Crippen LogP contribution < -0.4 is 5.73 Å². The van der Waals surface area contributed by atoms with Gasteiger partial charge in [0.05, 0.1) is 0 Å². The third kappa shape index (κ3) is 4.61. The van der Waals surface area contributed by atoms with Crippen molar-refractivity contribution in [3.05, 3.63) is 34.9 Å². The van der Waals surface area contributed by atoms with Crippen molar-refractivity contribution in [1.82, 2.24) is 4.90 Å². The maximum Gasteiger partial charge on any atom is 0.226 e. The van der Waals surface area contributed by atoms with Crippen LogP contribution in [0, 0.1) is 11.8 Å². The molecular formula is C17H26Cl2N2O. The summed E-state index contributed by atoms with van der Waals surface area (Å²) >= 11 is 6.04. The molecule has 0 radical (unpaired) electrons. The van der Waals surface area contributed by atoms with E-state index in [2.05, 4.69) is 13.8 Å². The number of halogens is 2. The first-order chi connectivity index (χ1) is 10.0. The number of amides is 1. The molecule has 0 saturated heterocycles. The summed E-state index contributed by atoms with van der Waals surface area (Å²) in [6.07, 6.45) is 3.16. The maximum absolute atomic E-state index is 12.9. The summed E-state index contributed by atoms with van der Waals surface area (Å²) < 4.78 is 0. The van der Waals surface area contributed by atoms with E-state index in [0.29, 0.717) is 24.0 Å². The molecule has 0 aromatic heterocycles. The van der Waals surface area contributed by atoms with Gasteiger partial charge in [-0.05, 0) is 56.8 Å². The van der Waals surface area contributed by atoms with Gasteiger partial charge in [0.25, 0.3) is 0 Å². The Morgan fingerprint density at radius 2 is 2.14 bits per heavy atom. The molecule has 1 aromatic carbocycles. The lowest BCUT2D eigenvalue weighted by molar-refractivity contribution is -0.139. The highest BCUT2D eigenvalue weighted by atomic mass is 35.5. The average molecular weight is 345 g/mol. The predicted octanol–water partition coefficient (Wildman–Crippen LogP) is 3.87. The lowest BCUT2D eigenvalue weighted by atomic mass is 9.94. The second-order valence-electron chi connectivity index (χ2n) is 6.22. The zero-order chi connectivity index (χ0) is 15.4. The molecule has 5 heteroatoms. The number of rotatable bonds is 5. The smallest absolute Gasteiger partial charge is 0.226 e. The van der Waals surface area contributed by atoms with Crippen LogP contribution in [0.5, 0.6) is 0 Å².